The number of amides is 1. The summed E-state index contributed by atoms with van der Waals surface area (Å²) in [7, 11) is 0. The van der Waals surface area contributed by atoms with E-state index in [2.05, 4.69) is 12.0 Å². The van der Waals surface area contributed by atoms with Crippen molar-refractivity contribution in [1.29, 1.82) is 0 Å². The van der Waals surface area contributed by atoms with Crippen LogP contribution in [0.1, 0.15) is 25.1 Å². The van der Waals surface area contributed by atoms with Gasteiger partial charge in [-0.1, -0.05) is 55.9 Å². The lowest BCUT2D eigenvalue weighted by molar-refractivity contribution is -0.118. The van der Waals surface area contributed by atoms with Gasteiger partial charge in [0.05, 0.1) is 22.2 Å². The van der Waals surface area contributed by atoms with Gasteiger partial charge in [-0.2, -0.15) is 5.10 Å². The lowest BCUT2D eigenvalue weighted by atomic mass is 10.1. The molecule has 0 aliphatic rings. The normalized spacial score (nSPS) is 12.7. The highest BCUT2D eigenvalue weighted by molar-refractivity contribution is 8.00. The second-order valence-corrected chi connectivity index (χ2v) is 7.63. The number of fused-ring (bicyclic) bond motifs is 1. The number of rotatable bonds is 5. The standard InChI is InChI=1S/C19H22N4OS/c1-11(2)17(18(20)24)25-19-21-15(14-8-6-5-7-9-14)16-12(3)10-13(4)22-23(16)19/h5-11,17H,1-4H3,(H2,20,24)/t17-/m0/s1. The maximum Gasteiger partial charge on any atom is 0.231 e. The quantitative estimate of drug-likeness (QED) is 0.710. The first kappa shape index (κ1) is 17.5. The zero-order chi connectivity index (χ0) is 18.1. The molecular weight excluding hydrogens is 332 g/mol. The zero-order valence-corrected chi connectivity index (χ0v) is 15.7. The number of hydrogen-bond acceptors (Lipinski definition) is 4. The zero-order valence-electron chi connectivity index (χ0n) is 14.9. The maximum absolute atomic E-state index is 11.8. The second kappa shape index (κ2) is 6.88. The Morgan fingerprint density at radius 1 is 1.20 bits per heavy atom. The lowest BCUT2D eigenvalue weighted by Gasteiger charge is -2.15. The van der Waals surface area contributed by atoms with Gasteiger partial charge in [-0.05, 0) is 31.4 Å². The third kappa shape index (κ3) is 3.39. The van der Waals surface area contributed by atoms with Crippen molar-refractivity contribution < 1.29 is 4.79 Å². The van der Waals surface area contributed by atoms with Crippen molar-refractivity contribution >= 4 is 23.2 Å². The van der Waals surface area contributed by atoms with Crippen LogP contribution in [0.3, 0.4) is 0 Å². The third-order valence-corrected chi connectivity index (χ3v) is 5.55. The molecule has 0 aliphatic heterocycles. The molecule has 1 atom stereocenters. The van der Waals surface area contributed by atoms with Gasteiger partial charge in [0.2, 0.25) is 5.91 Å². The van der Waals surface area contributed by atoms with Gasteiger partial charge in [-0.15, -0.1) is 0 Å². The van der Waals surface area contributed by atoms with E-state index in [0.29, 0.717) is 5.16 Å². The molecule has 6 heteroatoms. The van der Waals surface area contributed by atoms with Crippen molar-refractivity contribution in [2.24, 2.45) is 11.7 Å². The predicted molar refractivity (Wildman–Crippen MR) is 102 cm³/mol. The topological polar surface area (TPSA) is 73.3 Å². The van der Waals surface area contributed by atoms with E-state index in [1.807, 2.05) is 61.7 Å². The fourth-order valence-electron chi connectivity index (χ4n) is 2.92. The first-order chi connectivity index (χ1) is 11.9. The summed E-state index contributed by atoms with van der Waals surface area (Å²) in [4.78, 5) is 16.7. The number of aryl methyl sites for hydroxylation is 2. The summed E-state index contributed by atoms with van der Waals surface area (Å²) >= 11 is 1.38. The van der Waals surface area contributed by atoms with Crippen LogP contribution >= 0.6 is 11.8 Å². The molecule has 0 saturated carbocycles. The Kier molecular flexibility index (Phi) is 4.81. The molecular formula is C19H22N4OS. The van der Waals surface area contributed by atoms with Gasteiger partial charge in [0, 0.05) is 5.56 Å². The van der Waals surface area contributed by atoms with Crippen LogP contribution in [0.25, 0.3) is 16.8 Å². The van der Waals surface area contributed by atoms with E-state index in [-0.39, 0.29) is 17.1 Å². The molecule has 2 aromatic heterocycles. The van der Waals surface area contributed by atoms with Crippen molar-refractivity contribution in [2.45, 2.75) is 38.1 Å². The van der Waals surface area contributed by atoms with Gasteiger partial charge >= 0.3 is 0 Å². The molecule has 0 unspecified atom stereocenters. The van der Waals surface area contributed by atoms with E-state index >= 15 is 0 Å². The van der Waals surface area contributed by atoms with E-state index in [1.54, 1.807) is 0 Å². The van der Waals surface area contributed by atoms with Crippen molar-refractivity contribution in [1.82, 2.24) is 14.6 Å². The number of primary amides is 1. The summed E-state index contributed by atoms with van der Waals surface area (Å²) in [5.41, 5.74) is 10.5. The van der Waals surface area contributed by atoms with Gasteiger partial charge in [-0.25, -0.2) is 9.50 Å². The van der Waals surface area contributed by atoms with Crippen LogP contribution in [-0.2, 0) is 4.79 Å². The summed E-state index contributed by atoms with van der Waals surface area (Å²) in [6, 6.07) is 12.1. The number of carbonyl (C=O) groups excluding carboxylic acids is 1. The van der Waals surface area contributed by atoms with E-state index in [9.17, 15) is 4.79 Å². The smallest absolute Gasteiger partial charge is 0.231 e. The Hall–Kier alpha value is -2.34. The van der Waals surface area contributed by atoms with E-state index in [1.165, 1.54) is 11.8 Å². The molecule has 0 saturated heterocycles. The van der Waals surface area contributed by atoms with Crippen molar-refractivity contribution in [2.75, 3.05) is 0 Å². The molecule has 3 rings (SSSR count). The average molecular weight is 354 g/mol. The highest BCUT2D eigenvalue weighted by Gasteiger charge is 2.25. The van der Waals surface area contributed by atoms with Gasteiger partial charge in [0.1, 0.15) is 0 Å². The molecule has 5 nitrogen and oxygen atoms in total. The number of imidazole rings is 1. The average Bonchev–Trinajstić information content (AvgIpc) is 2.91. The number of benzene rings is 1. The molecule has 0 aliphatic carbocycles. The molecule has 130 valence electrons. The number of nitrogens with zero attached hydrogens (tertiary/aromatic N) is 3. The number of hydrogen-bond donors (Lipinski definition) is 1. The molecule has 0 fully saturated rings. The van der Waals surface area contributed by atoms with E-state index < -0.39 is 0 Å². The number of thioether (sulfide) groups is 1. The van der Waals surface area contributed by atoms with Crippen molar-refractivity contribution in [3.8, 4) is 11.3 Å². The highest BCUT2D eigenvalue weighted by atomic mass is 32.2. The van der Waals surface area contributed by atoms with E-state index in [4.69, 9.17) is 10.7 Å². The molecule has 0 bridgehead atoms. The van der Waals surface area contributed by atoms with Crippen LogP contribution < -0.4 is 5.73 Å². The molecule has 1 aromatic carbocycles. The van der Waals surface area contributed by atoms with Gasteiger partial charge in [0.15, 0.2) is 5.16 Å². The molecule has 3 aromatic rings. The Labute approximate surface area is 151 Å². The summed E-state index contributed by atoms with van der Waals surface area (Å²) in [5.74, 6) is -0.219. The highest BCUT2D eigenvalue weighted by Crippen LogP contribution is 2.34. The fraction of sp³-hybridized carbons (Fsp3) is 0.316. The molecule has 25 heavy (non-hydrogen) atoms. The molecule has 2 heterocycles. The molecule has 0 radical (unpaired) electrons. The van der Waals surface area contributed by atoms with Crippen LogP contribution in [-0.4, -0.2) is 25.8 Å². The minimum Gasteiger partial charge on any atom is -0.369 e. The van der Waals surface area contributed by atoms with Crippen molar-refractivity contribution in [3.05, 3.63) is 47.7 Å². The first-order valence-electron chi connectivity index (χ1n) is 8.27. The minimum absolute atomic E-state index is 0.112. The lowest BCUT2D eigenvalue weighted by Crippen LogP contribution is -2.30. The third-order valence-electron chi connectivity index (χ3n) is 4.05. The summed E-state index contributed by atoms with van der Waals surface area (Å²) in [5, 5.41) is 4.98. The summed E-state index contributed by atoms with van der Waals surface area (Å²) < 4.78 is 1.84. The van der Waals surface area contributed by atoms with Crippen LogP contribution in [0, 0.1) is 19.8 Å². The first-order valence-corrected chi connectivity index (χ1v) is 9.15. The number of nitrogens with two attached hydrogens (primary N) is 1. The number of aromatic nitrogens is 3. The summed E-state index contributed by atoms with van der Waals surface area (Å²) in [6.07, 6.45) is 0. The van der Waals surface area contributed by atoms with Gasteiger partial charge < -0.3 is 5.73 Å². The van der Waals surface area contributed by atoms with Crippen LogP contribution in [0.5, 0.6) is 0 Å². The van der Waals surface area contributed by atoms with Crippen LogP contribution in [0.2, 0.25) is 0 Å². The molecule has 0 spiro atoms. The van der Waals surface area contributed by atoms with Crippen LogP contribution in [0.15, 0.2) is 41.6 Å². The Morgan fingerprint density at radius 2 is 1.88 bits per heavy atom. The molecule has 2 N–H and O–H groups in total. The predicted octanol–water partition coefficient (Wildman–Crippen LogP) is 3.62. The largest absolute Gasteiger partial charge is 0.369 e. The Morgan fingerprint density at radius 3 is 2.48 bits per heavy atom. The maximum atomic E-state index is 11.8. The minimum atomic E-state index is -0.350. The second-order valence-electron chi connectivity index (χ2n) is 6.52. The SMILES string of the molecule is Cc1cc(C)c2c(-c3ccccc3)nc(S[C@H](C(N)=O)C(C)C)n2n1. The Balaban J connectivity index is 2.21. The van der Waals surface area contributed by atoms with Gasteiger partial charge in [0.25, 0.3) is 0 Å². The number of carbonyl (C=O) groups is 1. The fourth-order valence-corrected chi connectivity index (χ4v) is 3.91. The Bertz CT molecular complexity index is 918. The van der Waals surface area contributed by atoms with E-state index in [0.717, 1.165) is 28.0 Å². The summed E-state index contributed by atoms with van der Waals surface area (Å²) in [6.45, 7) is 7.98. The van der Waals surface area contributed by atoms with Gasteiger partial charge in [-0.3, -0.25) is 4.79 Å². The monoisotopic (exact) mass is 354 g/mol. The van der Waals surface area contributed by atoms with Crippen molar-refractivity contribution in [3.63, 3.8) is 0 Å². The van der Waals surface area contributed by atoms with Crippen LogP contribution in [0.4, 0.5) is 0 Å². The molecule has 1 amide bonds.